The summed E-state index contributed by atoms with van der Waals surface area (Å²) in [4.78, 5) is 0. The van der Waals surface area contributed by atoms with E-state index in [0.717, 1.165) is 5.69 Å². The van der Waals surface area contributed by atoms with E-state index in [0.29, 0.717) is 4.20 Å². The van der Waals surface area contributed by atoms with Gasteiger partial charge in [0, 0.05) is 12.1 Å². The van der Waals surface area contributed by atoms with Gasteiger partial charge >= 0.3 is 0 Å². The maximum absolute atomic E-state index is 4.89. The Bertz CT molecular complexity index is 258. The first-order valence-corrected chi connectivity index (χ1v) is 3.75. The Hall–Kier alpha value is -0.410. The topological polar surface area (TPSA) is 3.88 Å². The summed E-state index contributed by atoms with van der Waals surface area (Å²) < 4.78 is 2.57. The van der Waals surface area contributed by atoms with Gasteiger partial charge in [-0.1, -0.05) is 12.2 Å². The molecular weight excluding hydrogens is 162 g/mol. The molecule has 1 rings (SSSR count). The fraction of sp³-hybridized carbons (Fsp3) is 0.143. The Morgan fingerprint density at radius 1 is 1.60 bits per heavy atom. The van der Waals surface area contributed by atoms with Crippen molar-refractivity contribution in [2.45, 2.75) is 0 Å². The smallest absolute Gasteiger partial charge is 0.200 e. The Labute approximate surface area is 71.1 Å². The fourth-order valence-electron chi connectivity index (χ4n) is 0.746. The maximum atomic E-state index is 4.89. The van der Waals surface area contributed by atoms with Crippen molar-refractivity contribution in [3.8, 4) is 0 Å². The molecule has 0 bridgehead atoms. The SMILES string of the molecule is C[n+]1ccccc1C(=S)S. The molecule has 0 amide bonds. The summed E-state index contributed by atoms with van der Waals surface area (Å²) in [6.45, 7) is 0. The molecule has 0 N–H and O–H groups in total. The zero-order valence-corrected chi connectivity index (χ0v) is 7.32. The van der Waals surface area contributed by atoms with Gasteiger partial charge in [-0.25, -0.2) is 0 Å². The number of rotatable bonds is 1. The molecule has 0 spiro atoms. The van der Waals surface area contributed by atoms with Crippen LogP contribution in [-0.2, 0) is 7.05 Å². The molecule has 0 fully saturated rings. The normalized spacial score (nSPS) is 9.40. The molecule has 1 nitrogen and oxygen atoms in total. The van der Waals surface area contributed by atoms with Crippen LogP contribution in [0.25, 0.3) is 0 Å². The molecule has 0 atom stereocenters. The van der Waals surface area contributed by atoms with Crippen LogP contribution in [0.4, 0.5) is 0 Å². The molecule has 0 aliphatic heterocycles. The van der Waals surface area contributed by atoms with Gasteiger partial charge in [0.15, 0.2) is 6.20 Å². The second-order valence-corrected chi connectivity index (χ2v) is 3.16. The van der Waals surface area contributed by atoms with E-state index in [1.165, 1.54) is 0 Å². The Morgan fingerprint density at radius 3 is 2.70 bits per heavy atom. The fourth-order valence-corrected chi connectivity index (χ4v) is 1.19. The zero-order valence-electron chi connectivity index (χ0n) is 5.61. The van der Waals surface area contributed by atoms with E-state index < -0.39 is 0 Å². The van der Waals surface area contributed by atoms with E-state index in [-0.39, 0.29) is 0 Å². The zero-order chi connectivity index (χ0) is 7.56. The predicted molar refractivity (Wildman–Crippen MR) is 48.3 cm³/mol. The van der Waals surface area contributed by atoms with Crippen LogP contribution < -0.4 is 4.57 Å². The minimum absolute atomic E-state index is 0.628. The highest BCUT2D eigenvalue weighted by molar-refractivity contribution is 8.11. The van der Waals surface area contributed by atoms with E-state index in [1.807, 2.05) is 36.0 Å². The molecule has 1 heterocycles. The Balaban J connectivity index is 3.15. The van der Waals surface area contributed by atoms with E-state index in [1.54, 1.807) is 0 Å². The van der Waals surface area contributed by atoms with Crippen molar-refractivity contribution >= 4 is 29.0 Å². The van der Waals surface area contributed by atoms with Crippen LogP contribution >= 0.6 is 24.8 Å². The summed E-state index contributed by atoms with van der Waals surface area (Å²) >= 11 is 8.96. The van der Waals surface area contributed by atoms with Crippen molar-refractivity contribution in [1.29, 1.82) is 0 Å². The number of thiocarbonyl (C=S) groups is 1. The van der Waals surface area contributed by atoms with Crippen molar-refractivity contribution in [1.82, 2.24) is 0 Å². The molecule has 1 aromatic heterocycles. The Kier molecular flexibility index (Phi) is 2.40. The first-order valence-electron chi connectivity index (χ1n) is 2.90. The monoisotopic (exact) mass is 170 g/mol. The lowest BCUT2D eigenvalue weighted by atomic mass is 10.4. The highest BCUT2D eigenvalue weighted by Crippen LogP contribution is 1.96. The molecule has 0 saturated heterocycles. The molecule has 0 aliphatic carbocycles. The van der Waals surface area contributed by atoms with Gasteiger partial charge in [-0.3, -0.25) is 0 Å². The summed E-state index contributed by atoms with van der Waals surface area (Å²) in [5.41, 5.74) is 0.973. The highest BCUT2D eigenvalue weighted by atomic mass is 32.1. The molecule has 3 heteroatoms. The van der Waals surface area contributed by atoms with E-state index in [4.69, 9.17) is 12.2 Å². The van der Waals surface area contributed by atoms with Crippen molar-refractivity contribution in [2.75, 3.05) is 0 Å². The van der Waals surface area contributed by atoms with Crippen LogP contribution in [0.2, 0.25) is 0 Å². The van der Waals surface area contributed by atoms with Gasteiger partial charge in [-0.2, -0.15) is 4.57 Å². The third-order valence-electron chi connectivity index (χ3n) is 1.27. The van der Waals surface area contributed by atoms with Crippen LogP contribution in [-0.4, -0.2) is 4.20 Å². The number of aryl methyl sites for hydroxylation is 1. The van der Waals surface area contributed by atoms with Gasteiger partial charge < -0.3 is 0 Å². The van der Waals surface area contributed by atoms with Gasteiger partial charge in [0.25, 0.3) is 0 Å². The number of nitrogens with zero attached hydrogens (tertiary/aromatic N) is 1. The van der Waals surface area contributed by atoms with Crippen LogP contribution in [0.5, 0.6) is 0 Å². The van der Waals surface area contributed by atoms with Gasteiger partial charge in [-0.15, -0.1) is 12.6 Å². The predicted octanol–water partition coefficient (Wildman–Crippen LogP) is 1.12. The molecule has 10 heavy (non-hydrogen) atoms. The van der Waals surface area contributed by atoms with Crippen molar-refractivity contribution < 1.29 is 4.57 Å². The highest BCUT2D eigenvalue weighted by Gasteiger charge is 2.05. The van der Waals surface area contributed by atoms with Crippen molar-refractivity contribution in [3.63, 3.8) is 0 Å². The third kappa shape index (κ3) is 1.55. The van der Waals surface area contributed by atoms with Gasteiger partial charge in [-0.05, 0) is 6.07 Å². The molecule has 1 aromatic rings. The molecule has 0 unspecified atom stereocenters. The molecule has 0 saturated carbocycles. The maximum Gasteiger partial charge on any atom is 0.229 e. The number of hydrogen-bond donors (Lipinski definition) is 1. The second kappa shape index (κ2) is 3.12. The minimum Gasteiger partial charge on any atom is -0.200 e. The standard InChI is InChI=1S/C7H7NS2/c1-8-5-3-2-4-6(8)7(9)10/h2-5H,1H3/p+1. The first-order chi connectivity index (χ1) is 4.72. The largest absolute Gasteiger partial charge is 0.229 e. The number of thiol groups is 1. The number of aromatic nitrogens is 1. The summed E-state index contributed by atoms with van der Waals surface area (Å²) in [5.74, 6) is 0. The first kappa shape index (κ1) is 7.69. The summed E-state index contributed by atoms with van der Waals surface area (Å²) in [7, 11) is 1.94. The minimum atomic E-state index is 0.628. The summed E-state index contributed by atoms with van der Waals surface area (Å²) in [6.07, 6.45) is 1.94. The Morgan fingerprint density at radius 2 is 2.30 bits per heavy atom. The van der Waals surface area contributed by atoms with E-state index in [2.05, 4.69) is 12.6 Å². The molecular formula is C7H8NS2+. The quantitative estimate of drug-likeness (QED) is 0.376. The second-order valence-electron chi connectivity index (χ2n) is 2.00. The lowest BCUT2D eigenvalue weighted by Crippen LogP contribution is -2.33. The van der Waals surface area contributed by atoms with Crippen LogP contribution in [0.1, 0.15) is 5.69 Å². The summed E-state index contributed by atoms with van der Waals surface area (Å²) in [6, 6.07) is 5.84. The van der Waals surface area contributed by atoms with Crippen LogP contribution in [0.3, 0.4) is 0 Å². The van der Waals surface area contributed by atoms with E-state index >= 15 is 0 Å². The van der Waals surface area contributed by atoms with Crippen LogP contribution in [0, 0.1) is 0 Å². The van der Waals surface area contributed by atoms with Crippen LogP contribution in [0.15, 0.2) is 24.4 Å². The van der Waals surface area contributed by atoms with Crippen molar-refractivity contribution in [3.05, 3.63) is 30.1 Å². The lowest BCUT2D eigenvalue weighted by molar-refractivity contribution is -0.672. The molecule has 0 radical (unpaired) electrons. The molecule has 0 aliphatic rings. The van der Waals surface area contributed by atoms with E-state index in [9.17, 15) is 0 Å². The molecule has 0 aromatic carbocycles. The number of pyridine rings is 1. The summed E-state index contributed by atoms with van der Waals surface area (Å²) in [5, 5.41) is 0. The molecule has 52 valence electrons. The van der Waals surface area contributed by atoms with Gasteiger partial charge in [0.2, 0.25) is 5.69 Å². The third-order valence-corrected chi connectivity index (χ3v) is 1.71. The average Bonchev–Trinajstić information content (AvgIpc) is 1.88. The van der Waals surface area contributed by atoms with Crippen molar-refractivity contribution in [2.24, 2.45) is 7.05 Å². The number of hydrogen-bond acceptors (Lipinski definition) is 1. The van der Waals surface area contributed by atoms with Gasteiger partial charge in [0.1, 0.15) is 11.2 Å². The van der Waals surface area contributed by atoms with Gasteiger partial charge in [0.05, 0.1) is 0 Å². The lowest BCUT2D eigenvalue weighted by Gasteiger charge is -1.92. The average molecular weight is 170 g/mol.